The van der Waals surface area contributed by atoms with E-state index in [1.54, 1.807) is 18.3 Å². The number of carbonyl (C=O) groups is 1. The van der Waals surface area contributed by atoms with Gasteiger partial charge in [0, 0.05) is 35.3 Å². The Balaban J connectivity index is 2.12. The van der Waals surface area contributed by atoms with Crippen molar-refractivity contribution in [3.8, 4) is 11.8 Å². The number of carbonyl (C=O) groups excluding carboxylic acids is 1. The van der Waals surface area contributed by atoms with E-state index in [4.69, 9.17) is 5.11 Å². The molecule has 0 spiro atoms. The smallest absolute Gasteiger partial charge is 0.272 e. The van der Waals surface area contributed by atoms with Crippen LogP contribution < -0.4 is 0 Å². The van der Waals surface area contributed by atoms with Crippen LogP contribution in [0.2, 0.25) is 0 Å². The summed E-state index contributed by atoms with van der Waals surface area (Å²) in [5.74, 6) is 6.27. The zero-order valence-corrected chi connectivity index (χ0v) is 12.5. The molecule has 1 fully saturated rings. The molecule has 0 aromatic carbocycles. The Labute approximate surface area is 123 Å². The third-order valence-electron chi connectivity index (χ3n) is 3.44. The van der Waals surface area contributed by atoms with Gasteiger partial charge in [0.05, 0.1) is 0 Å². The third kappa shape index (κ3) is 3.33. The van der Waals surface area contributed by atoms with Crippen molar-refractivity contribution >= 4 is 17.7 Å². The van der Waals surface area contributed by atoms with Crippen LogP contribution in [-0.2, 0) is 0 Å². The van der Waals surface area contributed by atoms with Crippen LogP contribution in [0, 0.1) is 11.8 Å². The number of aliphatic hydroxyl groups excluding tert-OH is 1. The Morgan fingerprint density at radius 1 is 1.55 bits per heavy atom. The molecule has 2 unspecified atom stereocenters. The minimum absolute atomic E-state index is 0.0219. The van der Waals surface area contributed by atoms with E-state index in [0.29, 0.717) is 16.5 Å². The first-order valence-corrected chi connectivity index (χ1v) is 7.66. The molecule has 2 atom stereocenters. The van der Waals surface area contributed by atoms with E-state index in [2.05, 4.69) is 30.7 Å². The highest BCUT2D eigenvalue weighted by atomic mass is 32.2. The number of rotatable bonds is 1. The lowest BCUT2D eigenvalue weighted by Gasteiger charge is -2.37. The molecule has 1 aromatic rings. The maximum Gasteiger partial charge on any atom is 0.272 e. The van der Waals surface area contributed by atoms with Gasteiger partial charge in [-0.05, 0) is 19.1 Å². The number of amides is 1. The monoisotopic (exact) mass is 290 g/mol. The van der Waals surface area contributed by atoms with Crippen molar-refractivity contribution in [2.45, 2.75) is 25.1 Å². The molecule has 106 valence electrons. The van der Waals surface area contributed by atoms with Crippen molar-refractivity contribution in [2.24, 2.45) is 0 Å². The van der Waals surface area contributed by atoms with Crippen molar-refractivity contribution in [1.29, 1.82) is 0 Å². The Hall–Kier alpha value is -1.51. The highest BCUT2D eigenvalue weighted by Gasteiger charge is 2.29. The summed E-state index contributed by atoms with van der Waals surface area (Å²) in [6.45, 7) is 4.82. The summed E-state index contributed by atoms with van der Waals surface area (Å²) in [6, 6.07) is 3.68. The van der Waals surface area contributed by atoms with Crippen LogP contribution in [0.4, 0.5) is 0 Å². The molecule has 0 aliphatic carbocycles. The van der Waals surface area contributed by atoms with Crippen LogP contribution in [0.15, 0.2) is 18.3 Å². The predicted octanol–water partition coefficient (Wildman–Crippen LogP) is 1.39. The van der Waals surface area contributed by atoms with Gasteiger partial charge in [-0.1, -0.05) is 18.8 Å². The van der Waals surface area contributed by atoms with Gasteiger partial charge in [0.25, 0.3) is 5.91 Å². The Kier molecular flexibility index (Phi) is 5.05. The summed E-state index contributed by atoms with van der Waals surface area (Å²) < 4.78 is 0. The average Bonchev–Trinajstić information content (AvgIpc) is 2.48. The molecule has 20 heavy (non-hydrogen) atoms. The first-order valence-electron chi connectivity index (χ1n) is 6.62. The molecule has 0 bridgehead atoms. The second-order valence-electron chi connectivity index (χ2n) is 4.71. The highest BCUT2D eigenvalue weighted by Crippen LogP contribution is 2.25. The summed E-state index contributed by atoms with van der Waals surface area (Å²) in [5, 5.41) is 9.08. The van der Waals surface area contributed by atoms with Crippen molar-refractivity contribution < 1.29 is 9.90 Å². The lowest BCUT2D eigenvalue weighted by Crippen LogP contribution is -2.48. The Bertz CT molecular complexity index is 533. The van der Waals surface area contributed by atoms with Crippen molar-refractivity contribution in [3.63, 3.8) is 0 Å². The van der Waals surface area contributed by atoms with E-state index < -0.39 is 0 Å². The largest absolute Gasteiger partial charge is 0.384 e. The number of hydrogen-bond acceptors (Lipinski definition) is 4. The molecule has 1 amide bonds. The summed E-state index contributed by atoms with van der Waals surface area (Å²) in [4.78, 5) is 18.5. The normalized spacial score (nSPS) is 22.1. The van der Waals surface area contributed by atoms with Crippen LogP contribution in [0.3, 0.4) is 0 Å². The summed E-state index contributed by atoms with van der Waals surface area (Å²) in [5.41, 5.74) is 1.15. The van der Waals surface area contributed by atoms with Gasteiger partial charge in [0.15, 0.2) is 0 Å². The second-order valence-corrected chi connectivity index (χ2v) is 6.19. The number of thioether (sulfide) groups is 1. The van der Waals surface area contributed by atoms with Gasteiger partial charge in [-0.25, -0.2) is 4.98 Å². The van der Waals surface area contributed by atoms with E-state index in [1.165, 1.54) is 0 Å². The van der Waals surface area contributed by atoms with E-state index in [9.17, 15) is 4.79 Å². The number of nitrogens with zero attached hydrogens (tertiary/aromatic N) is 2. The van der Waals surface area contributed by atoms with Crippen LogP contribution in [0.5, 0.6) is 0 Å². The molecule has 0 radical (unpaired) electrons. The van der Waals surface area contributed by atoms with E-state index in [-0.39, 0.29) is 18.6 Å². The minimum atomic E-state index is -0.179. The molecule has 1 aromatic heterocycles. The summed E-state index contributed by atoms with van der Waals surface area (Å²) in [7, 11) is 0. The van der Waals surface area contributed by atoms with Gasteiger partial charge in [-0.3, -0.25) is 4.79 Å². The van der Waals surface area contributed by atoms with Crippen LogP contribution in [0.1, 0.15) is 29.9 Å². The third-order valence-corrected chi connectivity index (χ3v) is 4.78. The fourth-order valence-electron chi connectivity index (χ4n) is 2.10. The van der Waals surface area contributed by atoms with Gasteiger partial charge in [0.1, 0.15) is 12.3 Å². The lowest BCUT2D eigenvalue weighted by molar-refractivity contribution is 0.0692. The number of hydrogen-bond donors (Lipinski definition) is 1. The molecule has 4 nitrogen and oxygen atoms in total. The van der Waals surface area contributed by atoms with E-state index >= 15 is 0 Å². The quantitative estimate of drug-likeness (QED) is 0.794. The van der Waals surface area contributed by atoms with Crippen LogP contribution >= 0.6 is 11.8 Å². The second kappa shape index (κ2) is 6.78. The summed E-state index contributed by atoms with van der Waals surface area (Å²) in [6.07, 6.45) is 1.57. The van der Waals surface area contributed by atoms with Gasteiger partial charge in [-0.2, -0.15) is 11.8 Å². The number of aliphatic hydroxyl groups is 1. The average molecular weight is 290 g/mol. The molecule has 0 saturated carbocycles. The van der Waals surface area contributed by atoms with Crippen molar-refractivity contribution in [1.82, 2.24) is 9.88 Å². The molecule has 1 aliphatic rings. The topological polar surface area (TPSA) is 53.4 Å². The SMILES string of the molecule is CC1SCCN(C(=O)c2ccc(C#CCO)cn2)C1C. The van der Waals surface area contributed by atoms with E-state index in [0.717, 1.165) is 12.3 Å². The van der Waals surface area contributed by atoms with Gasteiger partial charge in [-0.15, -0.1) is 0 Å². The summed E-state index contributed by atoms with van der Waals surface area (Å²) >= 11 is 1.90. The predicted molar refractivity (Wildman–Crippen MR) is 80.6 cm³/mol. The maximum absolute atomic E-state index is 12.5. The van der Waals surface area contributed by atoms with Gasteiger partial charge < -0.3 is 10.0 Å². The zero-order valence-electron chi connectivity index (χ0n) is 11.7. The van der Waals surface area contributed by atoms with Gasteiger partial charge >= 0.3 is 0 Å². The molecule has 1 saturated heterocycles. The Morgan fingerprint density at radius 2 is 2.35 bits per heavy atom. The molecule has 1 aliphatic heterocycles. The zero-order chi connectivity index (χ0) is 14.5. The van der Waals surface area contributed by atoms with Crippen molar-refractivity contribution in [3.05, 3.63) is 29.6 Å². The fraction of sp³-hybridized carbons (Fsp3) is 0.467. The molecule has 2 heterocycles. The molecular weight excluding hydrogens is 272 g/mol. The van der Waals surface area contributed by atoms with Crippen LogP contribution in [-0.4, -0.2) is 51.1 Å². The fourth-order valence-corrected chi connectivity index (χ4v) is 3.20. The van der Waals surface area contributed by atoms with Crippen LogP contribution in [0.25, 0.3) is 0 Å². The van der Waals surface area contributed by atoms with Gasteiger partial charge in [0.2, 0.25) is 0 Å². The first-order chi connectivity index (χ1) is 9.63. The minimum Gasteiger partial charge on any atom is -0.384 e. The molecule has 2 rings (SSSR count). The highest BCUT2D eigenvalue weighted by molar-refractivity contribution is 8.00. The molecular formula is C15H18N2O2S. The number of aromatic nitrogens is 1. The molecule has 5 heteroatoms. The number of pyridine rings is 1. The first kappa shape index (κ1) is 14.9. The lowest BCUT2D eigenvalue weighted by atomic mass is 10.1. The van der Waals surface area contributed by atoms with Crippen molar-refractivity contribution in [2.75, 3.05) is 18.9 Å². The van der Waals surface area contributed by atoms with E-state index in [1.807, 2.05) is 16.7 Å². The Morgan fingerprint density at radius 3 is 3.00 bits per heavy atom. The maximum atomic E-state index is 12.5. The standard InChI is InChI=1S/C15H18N2O2S/c1-11-12(2)20-9-7-17(11)15(19)14-6-5-13(10-16-14)4-3-8-18/h5-6,10-12,18H,7-9H2,1-2H3. The molecule has 1 N–H and O–H groups in total.